The number of carbonyl (C=O) groups is 1. The van der Waals surface area contributed by atoms with E-state index in [9.17, 15) is 4.79 Å². The van der Waals surface area contributed by atoms with E-state index in [4.69, 9.17) is 11.6 Å². The molecule has 1 aromatic heterocycles. The second-order valence-corrected chi connectivity index (χ2v) is 8.25. The summed E-state index contributed by atoms with van der Waals surface area (Å²) >= 11 is 6.34. The number of aromatic nitrogens is 1. The molecule has 3 aromatic carbocycles. The summed E-state index contributed by atoms with van der Waals surface area (Å²) in [6, 6.07) is 27.4. The Morgan fingerprint density at radius 2 is 1.77 bits per heavy atom. The van der Waals surface area contributed by atoms with Crippen LogP contribution in [0, 0.1) is 6.92 Å². The Balaban J connectivity index is 1.63. The van der Waals surface area contributed by atoms with Gasteiger partial charge in [-0.25, -0.2) is 4.79 Å². The molecule has 0 fully saturated rings. The van der Waals surface area contributed by atoms with E-state index < -0.39 is 0 Å². The van der Waals surface area contributed by atoms with Crippen molar-refractivity contribution < 1.29 is 4.79 Å². The molecule has 2 heterocycles. The molecule has 31 heavy (non-hydrogen) atoms. The van der Waals surface area contributed by atoms with E-state index in [0.29, 0.717) is 11.6 Å². The molecule has 154 valence electrons. The fraction of sp³-hybridized carbons (Fsp3) is 0.115. The Bertz CT molecular complexity index is 1250. The van der Waals surface area contributed by atoms with E-state index in [1.54, 1.807) is 0 Å². The highest BCUT2D eigenvalue weighted by molar-refractivity contribution is 6.30. The van der Waals surface area contributed by atoms with Crippen molar-refractivity contribution in [1.82, 2.24) is 9.47 Å². The molecule has 2 amide bonds. The molecule has 0 saturated heterocycles. The maximum absolute atomic E-state index is 13.6. The van der Waals surface area contributed by atoms with Gasteiger partial charge in [-0.3, -0.25) is 0 Å². The Morgan fingerprint density at radius 3 is 2.58 bits per heavy atom. The number of benzene rings is 3. The summed E-state index contributed by atoms with van der Waals surface area (Å²) in [5.74, 6) is 0. The Hall–Kier alpha value is -3.50. The standard InChI is InChI=1S/C26H22ClN3O/c1-18-11-13-22(14-12-18)28-26(31)30-17-20-6-2-3-9-23(20)29-15-5-10-24(29)25(30)19-7-4-8-21(27)16-19/h2-16,25H,17H2,1H3,(H,28,31)/t25-/m0/s1. The minimum absolute atomic E-state index is 0.154. The molecular weight excluding hydrogens is 406 g/mol. The first-order chi connectivity index (χ1) is 15.1. The number of nitrogens with one attached hydrogen (secondary N) is 1. The number of amides is 2. The van der Waals surface area contributed by atoms with Gasteiger partial charge in [0.05, 0.1) is 18.3 Å². The highest BCUT2D eigenvalue weighted by atomic mass is 35.5. The molecule has 0 bridgehead atoms. The van der Waals surface area contributed by atoms with Crippen molar-refractivity contribution in [2.45, 2.75) is 19.5 Å². The quantitative estimate of drug-likeness (QED) is 0.385. The maximum Gasteiger partial charge on any atom is 0.322 e. The number of para-hydroxylation sites is 1. The van der Waals surface area contributed by atoms with Crippen LogP contribution in [0.15, 0.2) is 91.1 Å². The number of hydrogen-bond acceptors (Lipinski definition) is 1. The van der Waals surface area contributed by atoms with Gasteiger partial charge < -0.3 is 14.8 Å². The van der Waals surface area contributed by atoms with E-state index in [-0.39, 0.29) is 12.1 Å². The molecule has 0 saturated carbocycles. The number of urea groups is 1. The molecule has 0 radical (unpaired) electrons. The average molecular weight is 428 g/mol. The zero-order chi connectivity index (χ0) is 21.4. The van der Waals surface area contributed by atoms with Crippen molar-refractivity contribution in [3.8, 4) is 5.69 Å². The molecule has 1 N–H and O–H groups in total. The number of rotatable bonds is 2. The molecule has 5 heteroatoms. The third-order valence-electron chi connectivity index (χ3n) is 5.69. The van der Waals surface area contributed by atoms with E-state index in [2.05, 4.69) is 28.1 Å². The van der Waals surface area contributed by atoms with Crippen LogP contribution in [0.25, 0.3) is 5.69 Å². The molecule has 4 aromatic rings. The van der Waals surface area contributed by atoms with Gasteiger partial charge in [0.25, 0.3) is 0 Å². The normalized spacial score (nSPS) is 15.0. The van der Waals surface area contributed by atoms with Crippen LogP contribution >= 0.6 is 11.6 Å². The molecule has 4 nitrogen and oxygen atoms in total. The lowest BCUT2D eigenvalue weighted by atomic mass is 10.0. The summed E-state index contributed by atoms with van der Waals surface area (Å²) in [7, 11) is 0. The SMILES string of the molecule is Cc1ccc(NC(=O)N2Cc3ccccc3-n3cccc3[C@@H]2c2cccc(Cl)c2)cc1. The van der Waals surface area contributed by atoms with Crippen molar-refractivity contribution >= 4 is 23.3 Å². The van der Waals surface area contributed by atoms with E-state index in [0.717, 1.165) is 33.8 Å². The van der Waals surface area contributed by atoms with Crippen LogP contribution in [0.2, 0.25) is 5.02 Å². The third kappa shape index (κ3) is 3.71. The Kier molecular flexibility index (Phi) is 5.00. The van der Waals surface area contributed by atoms with Crippen LogP contribution in [0.3, 0.4) is 0 Å². The number of carbonyl (C=O) groups excluding carboxylic acids is 1. The highest BCUT2D eigenvalue weighted by Crippen LogP contribution is 2.37. The molecule has 1 aliphatic rings. The molecule has 0 spiro atoms. The molecular formula is C26H22ClN3O. The van der Waals surface area contributed by atoms with Crippen molar-refractivity contribution in [3.05, 3.63) is 119 Å². The average Bonchev–Trinajstić information content (AvgIpc) is 3.19. The number of hydrogen-bond donors (Lipinski definition) is 1. The Labute approximate surface area is 186 Å². The zero-order valence-electron chi connectivity index (χ0n) is 17.1. The van der Waals surface area contributed by atoms with Gasteiger partial charge in [-0.2, -0.15) is 0 Å². The van der Waals surface area contributed by atoms with Gasteiger partial charge >= 0.3 is 6.03 Å². The summed E-state index contributed by atoms with van der Waals surface area (Å²) in [5, 5.41) is 3.73. The molecule has 1 aliphatic heterocycles. The summed E-state index contributed by atoms with van der Waals surface area (Å²) in [6.45, 7) is 2.51. The number of aryl methyl sites for hydroxylation is 1. The smallest absolute Gasteiger partial charge is 0.318 e. The number of nitrogens with zero attached hydrogens (tertiary/aromatic N) is 2. The van der Waals surface area contributed by atoms with Crippen molar-refractivity contribution in [2.24, 2.45) is 0 Å². The lowest BCUT2D eigenvalue weighted by Gasteiger charge is -2.31. The molecule has 0 aliphatic carbocycles. The molecule has 1 atom stereocenters. The summed E-state index contributed by atoms with van der Waals surface area (Å²) in [6.07, 6.45) is 2.05. The first-order valence-electron chi connectivity index (χ1n) is 10.3. The van der Waals surface area contributed by atoms with Gasteiger partial charge in [0, 0.05) is 22.6 Å². The minimum Gasteiger partial charge on any atom is -0.318 e. The van der Waals surface area contributed by atoms with Crippen LogP contribution in [0.4, 0.5) is 10.5 Å². The summed E-state index contributed by atoms with van der Waals surface area (Å²) in [4.78, 5) is 15.5. The fourth-order valence-electron chi connectivity index (χ4n) is 4.20. The predicted molar refractivity (Wildman–Crippen MR) is 125 cm³/mol. The van der Waals surface area contributed by atoms with Crippen molar-refractivity contribution in [1.29, 1.82) is 0 Å². The monoisotopic (exact) mass is 427 g/mol. The predicted octanol–water partition coefficient (Wildman–Crippen LogP) is 6.58. The number of halogens is 1. The Morgan fingerprint density at radius 1 is 0.968 bits per heavy atom. The lowest BCUT2D eigenvalue weighted by molar-refractivity contribution is 0.194. The van der Waals surface area contributed by atoms with Crippen LogP contribution in [-0.4, -0.2) is 15.5 Å². The highest BCUT2D eigenvalue weighted by Gasteiger charge is 2.33. The number of fused-ring (bicyclic) bond motifs is 3. The maximum atomic E-state index is 13.6. The van der Waals surface area contributed by atoms with Gasteiger partial charge in [0.1, 0.15) is 0 Å². The van der Waals surface area contributed by atoms with Gasteiger partial charge in [-0.05, 0) is 60.5 Å². The summed E-state index contributed by atoms with van der Waals surface area (Å²) < 4.78 is 2.17. The van der Waals surface area contributed by atoms with E-state index >= 15 is 0 Å². The number of anilines is 1. The van der Waals surface area contributed by atoms with Crippen molar-refractivity contribution in [2.75, 3.05) is 5.32 Å². The van der Waals surface area contributed by atoms with Gasteiger partial charge in [-0.1, -0.05) is 59.6 Å². The zero-order valence-corrected chi connectivity index (χ0v) is 17.9. The summed E-state index contributed by atoms with van der Waals surface area (Å²) in [5.41, 5.74) is 6.08. The van der Waals surface area contributed by atoms with Gasteiger partial charge in [-0.15, -0.1) is 0 Å². The second-order valence-electron chi connectivity index (χ2n) is 7.81. The van der Waals surface area contributed by atoms with Crippen LogP contribution in [0.5, 0.6) is 0 Å². The van der Waals surface area contributed by atoms with Gasteiger partial charge in [0.2, 0.25) is 0 Å². The molecule has 0 unspecified atom stereocenters. The third-order valence-corrected chi connectivity index (χ3v) is 5.93. The van der Waals surface area contributed by atoms with Gasteiger partial charge in [0.15, 0.2) is 0 Å². The lowest BCUT2D eigenvalue weighted by Crippen LogP contribution is -2.37. The topological polar surface area (TPSA) is 37.3 Å². The van der Waals surface area contributed by atoms with Crippen molar-refractivity contribution in [3.63, 3.8) is 0 Å². The van der Waals surface area contributed by atoms with E-state index in [1.807, 2.05) is 84.8 Å². The van der Waals surface area contributed by atoms with Crippen LogP contribution in [-0.2, 0) is 6.54 Å². The van der Waals surface area contributed by atoms with E-state index in [1.165, 1.54) is 0 Å². The van der Waals surface area contributed by atoms with Crippen LogP contribution < -0.4 is 5.32 Å². The largest absolute Gasteiger partial charge is 0.322 e. The molecule has 5 rings (SSSR count). The fourth-order valence-corrected chi connectivity index (χ4v) is 4.40. The minimum atomic E-state index is -0.286. The first-order valence-corrected chi connectivity index (χ1v) is 10.6. The van der Waals surface area contributed by atoms with Crippen LogP contribution in [0.1, 0.15) is 28.4 Å². The second kappa shape index (κ2) is 7.97. The first kappa shape index (κ1) is 19.5.